The molecule has 4 rings (SSSR count). The molecule has 3 aliphatic heterocycles. The summed E-state index contributed by atoms with van der Waals surface area (Å²) in [6, 6.07) is 9.40. The first kappa shape index (κ1) is 54.9. The van der Waals surface area contributed by atoms with Crippen molar-refractivity contribution in [2.75, 3.05) is 34.0 Å². The summed E-state index contributed by atoms with van der Waals surface area (Å²) in [4.78, 5) is 70.9. The minimum atomic E-state index is -2.29. The Kier molecular flexibility index (Phi) is 14.2. The van der Waals surface area contributed by atoms with Gasteiger partial charge in [-0.15, -0.1) is 0 Å². The number of ether oxygens (including phenoxy) is 10. The van der Waals surface area contributed by atoms with Crippen molar-refractivity contribution in [1.29, 1.82) is 0 Å². The Labute approximate surface area is 392 Å². The molecule has 11 atom stereocenters. The van der Waals surface area contributed by atoms with Crippen molar-refractivity contribution in [3.8, 4) is 0 Å². The second-order valence-corrected chi connectivity index (χ2v) is 23.2. The van der Waals surface area contributed by atoms with E-state index >= 15 is 0 Å². The van der Waals surface area contributed by atoms with Gasteiger partial charge in [0.2, 0.25) is 11.5 Å². The van der Waals surface area contributed by atoms with E-state index in [4.69, 9.17) is 47.4 Å². The first-order chi connectivity index (χ1) is 29.6. The number of fused-ring (bicyclic) bond motifs is 1. The Morgan fingerprint density at radius 3 is 1.58 bits per heavy atom. The highest BCUT2D eigenvalue weighted by atomic mass is 16.8. The van der Waals surface area contributed by atoms with E-state index in [0.29, 0.717) is 0 Å². The van der Waals surface area contributed by atoms with E-state index < -0.39 is 115 Å². The number of hydrogen-bond donors (Lipinski definition) is 1. The van der Waals surface area contributed by atoms with E-state index in [-0.39, 0.29) is 13.2 Å². The lowest BCUT2D eigenvalue weighted by Gasteiger charge is -2.71. The first-order valence-electron chi connectivity index (χ1n) is 22.6. The summed E-state index contributed by atoms with van der Waals surface area (Å²) in [7, 11) is 2.63. The molecule has 0 spiro atoms. The summed E-state index contributed by atoms with van der Waals surface area (Å²) < 4.78 is 65.7. The minimum absolute atomic E-state index is 0.0380. The van der Waals surface area contributed by atoms with Crippen molar-refractivity contribution in [3.63, 3.8) is 0 Å². The van der Waals surface area contributed by atoms with Gasteiger partial charge in [-0.2, -0.15) is 0 Å². The van der Waals surface area contributed by atoms with Crippen molar-refractivity contribution < 1.29 is 71.3 Å². The molecule has 1 aromatic carbocycles. The van der Waals surface area contributed by atoms with Gasteiger partial charge in [0.15, 0.2) is 28.9 Å². The van der Waals surface area contributed by atoms with E-state index in [2.05, 4.69) is 5.32 Å². The molecule has 3 saturated heterocycles. The van der Waals surface area contributed by atoms with Crippen LogP contribution in [0.25, 0.3) is 0 Å². The Bertz CT molecular complexity index is 2040. The lowest BCUT2D eigenvalue weighted by Crippen LogP contribution is -2.88. The SMILES string of the molecule is COC(=O)C1(C)OC(C)(COC[C@@]2(C)[C@](C)(NC(C)=O)C(C)(OC)OC3(C)COC(c4ccccc4)O[C@]32C)[C@@](C)(OC(=O)C(C)(C)C)[C@@](C)(OC(=O)C(C)(C)C)[C@]1(C)OC(=O)C(C)(C)C. The van der Waals surface area contributed by atoms with Crippen LogP contribution in [-0.4, -0.2) is 114 Å². The zero-order valence-corrected chi connectivity index (χ0v) is 43.7. The fourth-order valence-electron chi connectivity index (χ4n) is 9.72. The third kappa shape index (κ3) is 8.26. The molecule has 0 bridgehead atoms. The average molecular weight is 934 g/mol. The minimum Gasteiger partial charge on any atom is -0.467 e. The fraction of sp³-hybridized carbons (Fsp3) is 0.780. The summed E-state index contributed by atoms with van der Waals surface area (Å²) in [5, 5.41) is 3.15. The summed E-state index contributed by atoms with van der Waals surface area (Å²) in [5.41, 5.74) is -19.0. The molecule has 1 aromatic rings. The number of benzene rings is 1. The van der Waals surface area contributed by atoms with Crippen LogP contribution < -0.4 is 5.32 Å². The van der Waals surface area contributed by atoms with Gasteiger partial charge in [0.05, 0.1) is 48.6 Å². The normalized spacial score (nSPS) is 39.5. The lowest BCUT2D eigenvalue weighted by atomic mass is 9.52. The summed E-state index contributed by atoms with van der Waals surface area (Å²) >= 11 is 0. The highest BCUT2D eigenvalue weighted by molar-refractivity contribution is 5.85. The van der Waals surface area contributed by atoms with Gasteiger partial charge in [0.25, 0.3) is 0 Å². The van der Waals surface area contributed by atoms with Crippen LogP contribution in [0.3, 0.4) is 0 Å². The lowest BCUT2D eigenvalue weighted by molar-refractivity contribution is -0.466. The van der Waals surface area contributed by atoms with Crippen molar-refractivity contribution in [3.05, 3.63) is 35.9 Å². The Balaban J connectivity index is 2.06. The predicted molar refractivity (Wildman–Crippen MR) is 242 cm³/mol. The maximum Gasteiger partial charge on any atom is 0.342 e. The second kappa shape index (κ2) is 17.1. The number of amides is 1. The second-order valence-electron chi connectivity index (χ2n) is 23.2. The van der Waals surface area contributed by atoms with Gasteiger partial charge in [0.1, 0.15) is 22.3 Å². The van der Waals surface area contributed by atoms with E-state index in [0.717, 1.165) is 12.7 Å². The van der Waals surface area contributed by atoms with E-state index in [1.807, 2.05) is 51.1 Å². The number of carbonyl (C=O) groups is 5. The zero-order chi connectivity index (χ0) is 51.0. The molecule has 5 unspecified atom stereocenters. The molecule has 16 nitrogen and oxygen atoms in total. The largest absolute Gasteiger partial charge is 0.467 e. The van der Waals surface area contributed by atoms with Crippen LogP contribution in [0, 0.1) is 21.7 Å². The van der Waals surface area contributed by atoms with Crippen LogP contribution >= 0.6 is 0 Å². The highest BCUT2D eigenvalue weighted by Crippen LogP contribution is 2.64. The molecule has 0 aliphatic carbocycles. The molecule has 1 N–H and O–H groups in total. The molecule has 1 amide bonds. The molecular weight excluding hydrogens is 855 g/mol. The number of nitrogens with one attached hydrogen (secondary N) is 1. The van der Waals surface area contributed by atoms with E-state index in [1.165, 1.54) is 41.7 Å². The third-order valence-electron chi connectivity index (χ3n) is 15.5. The van der Waals surface area contributed by atoms with Crippen LogP contribution in [0.15, 0.2) is 30.3 Å². The van der Waals surface area contributed by atoms with E-state index in [1.54, 1.807) is 83.1 Å². The van der Waals surface area contributed by atoms with Gasteiger partial charge >= 0.3 is 23.9 Å². The maximum absolute atomic E-state index is 14.5. The molecule has 0 saturated carbocycles. The molecule has 374 valence electrons. The topological polar surface area (TPSA) is 190 Å². The Morgan fingerprint density at radius 1 is 0.667 bits per heavy atom. The molecule has 3 fully saturated rings. The third-order valence-corrected chi connectivity index (χ3v) is 15.5. The predicted octanol–water partition coefficient (Wildman–Crippen LogP) is 7.32. The Morgan fingerprint density at radius 2 is 1.14 bits per heavy atom. The van der Waals surface area contributed by atoms with Gasteiger partial charge in [-0.3, -0.25) is 19.2 Å². The van der Waals surface area contributed by atoms with Crippen molar-refractivity contribution >= 4 is 29.8 Å². The summed E-state index contributed by atoms with van der Waals surface area (Å²) in [6.45, 7) is 31.9. The zero-order valence-electron chi connectivity index (χ0n) is 43.7. The standard InChI is InChI=1S/C50H79NO15/c1-31(52)51-45(15)41(11,46(16)43(13,66-50(45,20)58-22)30-60-33(61-46)32-26-24-23-25-27-32)28-59-29-42(12)47(17,62-34(53)38(2,3)4)49(19,64-36(55)40(8,9)10)48(18,63-35(54)39(5,6)7)44(14,65-42)37(56)57-21/h23-27,33H,28-30H2,1-22H3,(H,51,52)/t33?,41-,42?,43?,44?,45-,46-,47+,48+,49+,50?/m0/s1. The maximum atomic E-state index is 14.5. The molecule has 66 heavy (non-hydrogen) atoms. The van der Waals surface area contributed by atoms with Crippen molar-refractivity contribution in [1.82, 2.24) is 5.32 Å². The van der Waals surface area contributed by atoms with Gasteiger partial charge in [-0.1, -0.05) is 37.3 Å². The fourth-order valence-corrected chi connectivity index (χ4v) is 9.72. The molecule has 3 heterocycles. The van der Waals surface area contributed by atoms with Crippen LogP contribution in [0.5, 0.6) is 0 Å². The van der Waals surface area contributed by atoms with Crippen molar-refractivity contribution in [2.45, 2.75) is 195 Å². The number of methoxy groups -OCH3 is 2. The van der Waals surface area contributed by atoms with E-state index in [9.17, 15) is 24.0 Å². The summed E-state index contributed by atoms with van der Waals surface area (Å²) in [6.07, 6.45) is -0.868. The van der Waals surface area contributed by atoms with Crippen LogP contribution in [-0.2, 0) is 71.3 Å². The van der Waals surface area contributed by atoms with Gasteiger partial charge < -0.3 is 52.7 Å². The molecule has 16 heteroatoms. The van der Waals surface area contributed by atoms with Gasteiger partial charge in [-0.25, -0.2) is 4.79 Å². The number of hydrogen-bond acceptors (Lipinski definition) is 15. The highest BCUT2D eigenvalue weighted by Gasteiger charge is 2.84. The number of carbonyl (C=O) groups excluding carboxylic acids is 5. The van der Waals surface area contributed by atoms with Crippen molar-refractivity contribution in [2.24, 2.45) is 21.7 Å². The number of esters is 4. The van der Waals surface area contributed by atoms with Crippen LogP contribution in [0.2, 0.25) is 0 Å². The summed E-state index contributed by atoms with van der Waals surface area (Å²) in [5.74, 6) is -5.21. The van der Waals surface area contributed by atoms with Gasteiger partial charge in [-0.05, 0) is 125 Å². The first-order valence-corrected chi connectivity index (χ1v) is 22.6. The van der Waals surface area contributed by atoms with Gasteiger partial charge in [0, 0.05) is 19.6 Å². The van der Waals surface area contributed by atoms with Crippen LogP contribution in [0.1, 0.15) is 150 Å². The molecule has 3 aliphatic rings. The van der Waals surface area contributed by atoms with Crippen LogP contribution in [0.4, 0.5) is 0 Å². The number of rotatable bonds is 11. The smallest absolute Gasteiger partial charge is 0.342 e. The molecule has 0 radical (unpaired) electrons. The monoisotopic (exact) mass is 934 g/mol. The quantitative estimate of drug-likeness (QED) is 0.171. The average Bonchev–Trinajstić information content (AvgIpc) is 3.18. The molecular formula is C50H79NO15. The molecule has 0 aromatic heterocycles. The Hall–Kier alpha value is -3.67.